The summed E-state index contributed by atoms with van der Waals surface area (Å²) in [4.78, 5) is 9.36. The normalized spacial score (nSPS) is 12.7. The van der Waals surface area contributed by atoms with Crippen LogP contribution in [0.15, 0.2) is 97.3 Å². The number of methoxy groups -OCH3 is 2. The molecule has 0 radical (unpaired) electrons. The number of nitrogens with zero attached hydrogens (tertiary/aromatic N) is 2. The summed E-state index contributed by atoms with van der Waals surface area (Å²) >= 11 is 1.80. The third-order valence-corrected chi connectivity index (χ3v) is 6.55. The molecule has 0 aliphatic heterocycles. The molecule has 0 aliphatic carbocycles. The molecule has 5 heteroatoms. The zero-order valence-electron chi connectivity index (χ0n) is 17.5. The first-order chi connectivity index (χ1) is 15.3. The van der Waals surface area contributed by atoms with Crippen molar-refractivity contribution in [3.05, 3.63) is 120 Å². The van der Waals surface area contributed by atoms with E-state index >= 15 is 0 Å². The fourth-order valence-corrected chi connectivity index (χ4v) is 4.88. The lowest BCUT2D eigenvalue weighted by Gasteiger charge is -2.24. The Labute approximate surface area is 187 Å². The first kappa shape index (κ1) is 20.9. The van der Waals surface area contributed by atoms with Crippen molar-refractivity contribution in [1.82, 2.24) is 9.97 Å². The summed E-state index contributed by atoms with van der Waals surface area (Å²) in [6.07, 6.45) is 3.68. The topological polar surface area (TPSA) is 44.2 Å². The Bertz CT molecular complexity index is 1020. The molecule has 4 aromatic rings. The molecule has 4 nitrogen and oxygen atoms in total. The van der Waals surface area contributed by atoms with Gasteiger partial charge in [-0.1, -0.05) is 36.4 Å². The van der Waals surface area contributed by atoms with Crippen LogP contribution in [-0.2, 0) is 0 Å². The second-order valence-corrected chi connectivity index (χ2v) is 8.17. The molecule has 2 unspecified atom stereocenters. The van der Waals surface area contributed by atoms with Crippen molar-refractivity contribution in [3.8, 4) is 11.5 Å². The van der Waals surface area contributed by atoms with E-state index in [1.165, 1.54) is 0 Å². The summed E-state index contributed by atoms with van der Waals surface area (Å²) in [5.41, 5.74) is 4.24. The molecule has 0 N–H and O–H groups in total. The van der Waals surface area contributed by atoms with E-state index < -0.39 is 0 Å². The van der Waals surface area contributed by atoms with E-state index in [1.54, 1.807) is 26.0 Å². The molecule has 0 bridgehead atoms. The van der Waals surface area contributed by atoms with Crippen molar-refractivity contribution in [1.29, 1.82) is 0 Å². The van der Waals surface area contributed by atoms with Crippen LogP contribution < -0.4 is 9.47 Å². The van der Waals surface area contributed by atoms with Gasteiger partial charge in [-0.3, -0.25) is 9.97 Å². The smallest absolute Gasteiger partial charge is 0.119 e. The molecule has 31 heavy (non-hydrogen) atoms. The van der Waals surface area contributed by atoms with Crippen LogP contribution in [0.5, 0.6) is 11.5 Å². The molecular formula is C26H24N2O2S. The predicted octanol–water partition coefficient (Wildman–Crippen LogP) is 6.11. The van der Waals surface area contributed by atoms with Gasteiger partial charge in [0, 0.05) is 12.4 Å². The van der Waals surface area contributed by atoms with E-state index in [-0.39, 0.29) is 10.5 Å². The summed E-state index contributed by atoms with van der Waals surface area (Å²) in [5, 5.41) is -0.0102. The van der Waals surface area contributed by atoms with Crippen LogP contribution in [-0.4, -0.2) is 24.2 Å². The first-order valence-electron chi connectivity index (χ1n) is 10.0. The lowest BCUT2D eigenvalue weighted by molar-refractivity contribution is 0.414. The van der Waals surface area contributed by atoms with Gasteiger partial charge in [0.2, 0.25) is 0 Å². The third-order valence-electron chi connectivity index (χ3n) is 4.98. The molecule has 0 aliphatic rings. The summed E-state index contributed by atoms with van der Waals surface area (Å²) in [7, 11) is 3.38. The van der Waals surface area contributed by atoms with E-state index in [1.807, 2.05) is 60.9 Å². The van der Waals surface area contributed by atoms with Crippen molar-refractivity contribution in [2.24, 2.45) is 0 Å². The summed E-state index contributed by atoms with van der Waals surface area (Å²) < 4.78 is 11.0. The quantitative estimate of drug-likeness (QED) is 0.339. The fraction of sp³-hybridized carbons (Fsp3) is 0.154. The minimum atomic E-state index is -0.00509. The van der Waals surface area contributed by atoms with Crippen molar-refractivity contribution in [3.63, 3.8) is 0 Å². The molecule has 0 saturated carbocycles. The third kappa shape index (κ3) is 5.06. The highest BCUT2D eigenvalue weighted by atomic mass is 32.2. The fourth-order valence-electron chi connectivity index (χ4n) is 3.45. The van der Waals surface area contributed by atoms with Gasteiger partial charge < -0.3 is 9.47 Å². The summed E-state index contributed by atoms with van der Waals surface area (Å²) in [5.74, 6) is 1.66. The highest BCUT2D eigenvalue weighted by Crippen LogP contribution is 2.47. The molecule has 2 aromatic carbocycles. The first-order valence-corrected chi connectivity index (χ1v) is 11.0. The van der Waals surface area contributed by atoms with Crippen molar-refractivity contribution in [2.75, 3.05) is 14.2 Å². The predicted molar refractivity (Wildman–Crippen MR) is 126 cm³/mol. The molecule has 156 valence electrons. The monoisotopic (exact) mass is 428 g/mol. The van der Waals surface area contributed by atoms with Gasteiger partial charge in [-0.05, 0) is 59.7 Å². The lowest BCUT2D eigenvalue weighted by Crippen LogP contribution is -2.06. The lowest BCUT2D eigenvalue weighted by atomic mass is 10.1. The number of ether oxygens (including phenoxy) is 2. The van der Waals surface area contributed by atoms with Gasteiger partial charge in [0.1, 0.15) is 11.5 Å². The zero-order chi connectivity index (χ0) is 21.5. The number of aromatic nitrogens is 2. The second kappa shape index (κ2) is 10.1. The standard InChI is InChI=1S/C26H24N2O2S/c1-29-21-11-7-9-19(17-21)25(23-13-3-5-15-27-23)31-26(24-14-4-6-16-28-24)20-10-8-12-22(18-20)30-2/h3-18,25-26H,1-2H3. The molecular weight excluding hydrogens is 404 g/mol. The molecule has 2 heterocycles. The van der Waals surface area contributed by atoms with Crippen molar-refractivity contribution >= 4 is 11.8 Å². The van der Waals surface area contributed by atoms with Gasteiger partial charge in [-0.15, -0.1) is 11.8 Å². The minimum absolute atomic E-state index is 0.00509. The summed E-state index contributed by atoms with van der Waals surface area (Å²) in [6.45, 7) is 0. The average molecular weight is 429 g/mol. The minimum Gasteiger partial charge on any atom is -0.497 e. The van der Waals surface area contributed by atoms with Gasteiger partial charge in [0.15, 0.2) is 0 Å². The molecule has 0 amide bonds. The number of thioether (sulfide) groups is 1. The van der Waals surface area contributed by atoms with Crippen LogP contribution in [0.25, 0.3) is 0 Å². The summed E-state index contributed by atoms with van der Waals surface area (Å²) in [6, 6.07) is 28.4. The number of rotatable bonds is 8. The van der Waals surface area contributed by atoms with Crippen molar-refractivity contribution < 1.29 is 9.47 Å². The van der Waals surface area contributed by atoms with Crippen LogP contribution in [0.2, 0.25) is 0 Å². The number of pyridine rings is 2. The Morgan fingerprint density at radius 1 is 0.613 bits per heavy atom. The molecule has 0 fully saturated rings. The number of hydrogen-bond donors (Lipinski definition) is 0. The van der Waals surface area contributed by atoms with Gasteiger partial charge in [0.05, 0.1) is 36.1 Å². The van der Waals surface area contributed by atoms with Gasteiger partial charge in [-0.25, -0.2) is 0 Å². The van der Waals surface area contributed by atoms with Crippen LogP contribution >= 0.6 is 11.8 Å². The maximum atomic E-state index is 5.49. The molecule has 4 rings (SSSR count). The second-order valence-electron chi connectivity index (χ2n) is 6.96. The van der Waals surface area contributed by atoms with E-state index in [9.17, 15) is 0 Å². The molecule has 2 atom stereocenters. The molecule has 2 aromatic heterocycles. The molecule has 0 saturated heterocycles. The Morgan fingerprint density at radius 2 is 1.10 bits per heavy atom. The van der Waals surface area contributed by atoms with Crippen LogP contribution in [0, 0.1) is 0 Å². The highest BCUT2D eigenvalue weighted by molar-refractivity contribution is 8.00. The Kier molecular flexibility index (Phi) is 6.85. The van der Waals surface area contributed by atoms with E-state index in [4.69, 9.17) is 9.47 Å². The Balaban J connectivity index is 1.80. The SMILES string of the molecule is COc1cccc(C(SC(c2cccc(OC)c2)c2ccccn2)c2ccccn2)c1. The van der Waals surface area contributed by atoms with Crippen LogP contribution in [0.1, 0.15) is 33.0 Å². The number of hydrogen-bond acceptors (Lipinski definition) is 5. The van der Waals surface area contributed by atoms with Gasteiger partial charge >= 0.3 is 0 Å². The largest absolute Gasteiger partial charge is 0.497 e. The van der Waals surface area contributed by atoms with Gasteiger partial charge in [0.25, 0.3) is 0 Å². The molecule has 0 spiro atoms. The van der Waals surface area contributed by atoms with E-state index in [2.05, 4.69) is 46.4 Å². The zero-order valence-corrected chi connectivity index (χ0v) is 18.3. The average Bonchev–Trinajstić information content (AvgIpc) is 2.86. The van der Waals surface area contributed by atoms with Crippen LogP contribution in [0.3, 0.4) is 0 Å². The Morgan fingerprint density at radius 3 is 1.48 bits per heavy atom. The van der Waals surface area contributed by atoms with Gasteiger partial charge in [-0.2, -0.15) is 0 Å². The van der Waals surface area contributed by atoms with Crippen LogP contribution in [0.4, 0.5) is 0 Å². The number of benzene rings is 2. The maximum Gasteiger partial charge on any atom is 0.119 e. The van der Waals surface area contributed by atoms with E-state index in [0.717, 1.165) is 34.0 Å². The highest BCUT2D eigenvalue weighted by Gasteiger charge is 2.25. The van der Waals surface area contributed by atoms with Crippen molar-refractivity contribution in [2.45, 2.75) is 10.5 Å². The maximum absolute atomic E-state index is 5.49. The Hall–Kier alpha value is -3.31. The van der Waals surface area contributed by atoms with E-state index in [0.29, 0.717) is 0 Å².